The molecule has 0 aromatic carbocycles. The molecule has 0 rings (SSSR count). The molecule has 0 aliphatic heterocycles. The maximum atomic E-state index is 11.9. The van der Waals surface area contributed by atoms with Crippen molar-refractivity contribution >= 4 is 29.7 Å². The number of nitrogens with one attached hydrogen (secondary N) is 3. The first-order valence-corrected chi connectivity index (χ1v) is 8.07. The molecule has 0 aliphatic carbocycles. The third-order valence-electron chi connectivity index (χ3n) is 3.70. The van der Waals surface area contributed by atoms with Crippen LogP contribution in [-0.2, 0) is 24.0 Å². The predicted octanol–water partition coefficient (Wildman–Crippen LogP) is -1.98. The third kappa shape index (κ3) is 8.42. The summed E-state index contributed by atoms with van der Waals surface area (Å²) in [5, 5.41) is 24.5. The van der Waals surface area contributed by atoms with E-state index in [1.54, 1.807) is 13.8 Å². The maximum Gasteiger partial charge on any atom is 0.326 e. The number of nitrogens with two attached hydrogens (primary N) is 1. The minimum Gasteiger partial charge on any atom is -0.481 e. The minimum atomic E-state index is -1.31. The highest BCUT2D eigenvalue weighted by Gasteiger charge is 2.26. The SMILES string of the molecule is CCC(C)C(NC(=O)CNC(=O)C(C)NC(=O)C(N)CC(=O)O)C(=O)O. The highest BCUT2D eigenvalue weighted by atomic mass is 16.4. The summed E-state index contributed by atoms with van der Waals surface area (Å²) in [7, 11) is 0. The molecule has 0 aliphatic rings. The van der Waals surface area contributed by atoms with Gasteiger partial charge in [-0.15, -0.1) is 0 Å². The highest BCUT2D eigenvalue weighted by molar-refractivity contribution is 5.93. The van der Waals surface area contributed by atoms with Crippen molar-refractivity contribution in [3.05, 3.63) is 0 Å². The molecular weight excluding hydrogens is 348 g/mol. The molecule has 4 unspecified atom stereocenters. The number of carboxylic acid groups (broad SMARTS) is 2. The van der Waals surface area contributed by atoms with Crippen molar-refractivity contribution in [3.63, 3.8) is 0 Å². The van der Waals surface area contributed by atoms with E-state index in [2.05, 4.69) is 16.0 Å². The van der Waals surface area contributed by atoms with E-state index in [1.165, 1.54) is 6.92 Å². The molecule has 3 amide bonds. The van der Waals surface area contributed by atoms with E-state index in [9.17, 15) is 24.0 Å². The van der Waals surface area contributed by atoms with Gasteiger partial charge in [0.1, 0.15) is 12.1 Å². The molecule has 7 N–H and O–H groups in total. The molecule has 26 heavy (non-hydrogen) atoms. The van der Waals surface area contributed by atoms with Crippen molar-refractivity contribution in [3.8, 4) is 0 Å². The lowest BCUT2D eigenvalue weighted by Crippen LogP contribution is -2.53. The van der Waals surface area contributed by atoms with Crippen molar-refractivity contribution in [2.75, 3.05) is 6.54 Å². The summed E-state index contributed by atoms with van der Waals surface area (Å²) in [6.07, 6.45) is -0.0436. The topological polar surface area (TPSA) is 188 Å². The van der Waals surface area contributed by atoms with Crippen LogP contribution in [0.25, 0.3) is 0 Å². The molecule has 0 saturated heterocycles. The fraction of sp³-hybridized carbons (Fsp3) is 0.667. The second-order valence-corrected chi connectivity index (χ2v) is 5.92. The van der Waals surface area contributed by atoms with E-state index in [4.69, 9.17) is 15.9 Å². The molecule has 0 heterocycles. The fourth-order valence-corrected chi connectivity index (χ4v) is 1.89. The Morgan fingerprint density at radius 3 is 2.04 bits per heavy atom. The van der Waals surface area contributed by atoms with Gasteiger partial charge in [0, 0.05) is 0 Å². The molecule has 148 valence electrons. The van der Waals surface area contributed by atoms with Crippen molar-refractivity contribution in [2.24, 2.45) is 11.7 Å². The minimum absolute atomic E-state index is 0.291. The van der Waals surface area contributed by atoms with Gasteiger partial charge >= 0.3 is 11.9 Å². The fourth-order valence-electron chi connectivity index (χ4n) is 1.89. The molecule has 0 saturated carbocycles. The molecule has 0 spiro atoms. The van der Waals surface area contributed by atoms with Crippen LogP contribution in [0.3, 0.4) is 0 Å². The van der Waals surface area contributed by atoms with Gasteiger partial charge < -0.3 is 31.9 Å². The van der Waals surface area contributed by atoms with E-state index in [1.807, 2.05) is 0 Å². The lowest BCUT2D eigenvalue weighted by molar-refractivity contribution is -0.143. The van der Waals surface area contributed by atoms with Gasteiger partial charge in [0.2, 0.25) is 17.7 Å². The van der Waals surface area contributed by atoms with Crippen molar-refractivity contribution < 1.29 is 34.2 Å². The summed E-state index contributed by atoms with van der Waals surface area (Å²) >= 11 is 0. The van der Waals surface area contributed by atoms with Crippen LogP contribution in [0.15, 0.2) is 0 Å². The van der Waals surface area contributed by atoms with Gasteiger partial charge in [0.15, 0.2) is 0 Å². The van der Waals surface area contributed by atoms with Gasteiger partial charge in [0.05, 0.1) is 19.0 Å². The first kappa shape index (κ1) is 23.3. The normalized spacial score (nSPS) is 15.1. The van der Waals surface area contributed by atoms with Crippen molar-refractivity contribution in [1.29, 1.82) is 0 Å². The lowest BCUT2D eigenvalue weighted by atomic mass is 9.99. The molecular formula is C15H26N4O7. The van der Waals surface area contributed by atoms with Gasteiger partial charge in [-0.05, 0) is 12.8 Å². The zero-order valence-corrected chi connectivity index (χ0v) is 14.9. The van der Waals surface area contributed by atoms with Crippen molar-refractivity contribution in [1.82, 2.24) is 16.0 Å². The summed E-state index contributed by atoms with van der Waals surface area (Å²) in [5.74, 6) is -4.93. The standard InChI is InChI=1S/C15H26N4O7/c1-4-7(2)12(15(25)26)19-10(20)6-17-13(23)8(3)18-14(24)9(16)5-11(21)22/h7-9,12H,4-6,16H2,1-3H3,(H,17,23)(H,18,24)(H,19,20)(H,21,22)(H,25,26). The van der Waals surface area contributed by atoms with Crippen LogP contribution < -0.4 is 21.7 Å². The molecule has 0 fully saturated rings. The Labute approximate surface area is 150 Å². The monoisotopic (exact) mass is 374 g/mol. The number of carbonyl (C=O) groups excluding carboxylic acids is 3. The smallest absolute Gasteiger partial charge is 0.326 e. The van der Waals surface area contributed by atoms with Gasteiger partial charge in [0.25, 0.3) is 0 Å². The van der Waals surface area contributed by atoms with Gasteiger partial charge in [-0.1, -0.05) is 20.3 Å². The summed E-state index contributed by atoms with van der Waals surface area (Å²) in [6.45, 7) is 4.32. The summed E-state index contributed by atoms with van der Waals surface area (Å²) in [6, 6.07) is -3.44. The zero-order valence-electron chi connectivity index (χ0n) is 14.9. The Morgan fingerprint density at radius 1 is 1.00 bits per heavy atom. The second kappa shape index (κ2) is 11.0. The first-order valence-electron chi connectivity index (χ1n) is 8.07. The molecule has 4 atom stereocenters. The Morgan fingerprint density at radius 2 is 1.58 bits per heavy atom. The summed E-state index contributed by atoms with van der Waals surface area (Å²) in [4.78, 5) is 56.9. The lowest BCUT2D eigenvalue weighted by Gasteiger charge is -2.21. The maximum absolute atomic E-state index is 11.9. The van der Waals surface area contributed by atoms with Crippen molar-refractivity contribution in [2.45, 2.75) is 51.7 Å². The molecule has 0 radical (unpaired) electrons. The Hall–Kier alpha value is -2.69. The van der Waals surface area contributed by atoms with Crippen LogP contribution in [0.1, 0.15) is 33.6 Å². The molecule has 11 nitrogen and oxygen atoms in total. The zero-order chi connectivity index (χ0) is 20.4. The van der Waals surface area contributed by atoms with Gasteiger partial charge in [-0.3, -0.25) is 19.2 Å². The van der Waals surface area contributed by atoms with Crippen LogP contribution in [0.4, 0.5) is 0 Å². The number of amides is 3. The number of carboxylic acids is 2. The number of carbonyl (C=O) groups is 5. The third-order valence-corrected chi connectivity index (χ3v) is 3.70. The van der Waals surface area contributed by atoms with E-state index < -0.39 is 60.8 Å². The number of hydrogen-bond acceptors (Lipinski definition) is 6. The quantitative estimate of drug-likeness (QED) is 0.240. The number of hydrogen-bond donors (Lipinski definition) is 6. The Kier molecular flexibility index (Phi) is 9.89. The number of rotatable bonds is 11. The highest BCUT2D eigenvalue weighted by Crippen LogP contribution is 2.07. The first-order chi connectivity index (χ1) is 12.0. The van der Waals surface area contributed by atoms with Crippen LogP contribution in [0.2, 0.25) is 0 Å². The van der Waals surface area contributed by atoms with Crippen LogP contribution in [-0.4, -0.2) is 64.5 Å². The molecule has 11 heteroatoms. The largest absolute Gasteiger partial charge is 0.481 e. The summed E-state index contributed by atoms with van der Waals surface area (Å²) < 4.78 is 0. The van der Waals surface area contributed by atoms with E-state index in [-0.39, 0.29) is 5.92 Å². The van der Waals surface area contributed by atoms with Crippen LogP contribution in [0.5, 0.6) is 0 Å². The second-order valence-electron chi connectivity index (χ2n) is 5.92. The Balaban J connectivity index is 4.46. The van der Waals surface area contributed by atoms with E-state index >= 15 is 0 Å². The van der Waals surface area contributed by atoms with Gasteiger partial charge in [-0.2, -0.15) is 0 Å². The average molecular weight is 374 g/mol. The molecule has 0 bridgehead atoms. The van der Waals surface area contributed by atoms with Crippen LogP contribution in [0, 0.1) is 5.92 Å². The number of aliphatic carboxylic acids is 2. The van der Waals surface area contributed by atoms with Gasteiger partial charge in [-0.25, -0.2) is 4.79 Å². The predicted molar refractivity (Wildman–Crippen MR) is 89.9 cm³/mol. The average Bonchev–Trinajstić information content (AvgIpc) is 2.55. The van der Waals surface area contributed by atoms with E-state index in [0.29, 0.717) is 6.42 Å². The summed E-state index contributed by atoms with van der Waals surface area (Å²) in [5.41, 5.74) is 5.37. The Bertz CT molecular complexity index is 552. The van der Waals surface area contributed by atoms with Crippen LogP contribution >= 0.6 is 0 Å². The van der Waals surface area contributed by atoms with E-state index in [0.717, 1.165) is 0 Å². The molecule has 0 aromatic rings. The molecule has 0 aromatic heterocycles.